The van der Waals surface area contributed by atoms with Crippen LogP contribution in [0.2, 0.25) is 0 Å². The highest BCUT2D eigenvalue weighted by Crippen LogP contribution is 2.15. The molecule has 6 heteroatoms. The van der Waals surface area contributed by atoms with Gasteiger partial charge in [0.1, 0.15) is 5.82 Å². The number of carbonyl (C=O) groups is 1. The first-order valence-electron chi connectivity index (χ1n) is 7.07. The van der Waals surface area contributed by atoms with Gasteiger partial charge in [0, 0.05) is 19.3 Å². The molecule has 2 amide bonds. The summed E-state index contributed by atoms with van der Waals surface area (Å²) in [4.78, 5) is 18.0. The molecule has 20 heavy (non-hydrogen) atoms. The van der Waals surface area contributed by atoms with Crippen molar-refractivity contribution in [2.45, 2.75) is 12.8 Å². The van der Waals surface area contributed by atoms with Gasteiger partial charge in [-0.1, -0.05) is 6.07 Å². The number of likely N-dealkylation sites (tertiary alicyclic amines) is 1. The Balaban J connectivity index is 1.64. The fourth-order valence-electron chi connectivity index (χ4n) is 2.39. The highest BCUT2D eigenvalue weighted by atomic mass is 16.3. The number of β-amino-alcohol motifs (C(OH)–C–C–N with tert-alkyl or cyclic N) is 1. The molecule has 6 nitrogen and oxygen atoms in total. The van der Waals surface area contributed by atoms with Gasteiger partial charge in [0.05, 0.1) is 6.61 Å². The standard InChI is InChI=1S/C14H22N4O2/c19-10-9-18-7-4-12(5-8-18)11-16-14(20)17-13-3-1-2-6-15-13/h1-3,6,12,19H,4-5,7-11H2,(H2,15,16,17,20). The Labute approximate surface area is 119 Å². The molecule has 0 spiro atoms. The number of nitrogens with one attached hydrogen (secondary N) is 2. The van der Waals surface area contributed by atoms with Crippen LogP contribution in [-0.2, 0) is 0 Å². The molecule has 0 aromatic carbocycles. The Morgan fingerprint density at radius 3 is 2.85 bits per heavy atom. The van der Waals surface area contributed by atoms with Gasteiger partial charge >= 0.3 is 6.03 Å². The lowest BCUT2D eigenvalue weighted by molar-refractivity contribution is 0.147. The van der Waals surface area contributed by atoms with Crippen LogP contribution >= 0.6 is 0 Å². The second kappa shape index (κ2) is 7.81. The Kier molecular flexibility index (Phi) is 5.76. The molecular weight excluding hydrogens is 256 g/mol. The smallest absolute Gasteiger partial charge is 0.320 e. The predicted octanol–water partition coefficient (Wildman–Crippen LogP) is 0.907. The normalized spacial score (nSPS) is 16.9. The fourth-order valence-corrected chi connectivity index (χ4v) is 2.39. The number of hydrogen-bond donors (Lipinski definition) is 3. The summed E-state index contributed by atoms with van der Waals surface area (Å²) in [5.41, 5.74) is 0. The first kappa shape index (κ1) is 14.7. The van der Waals surface area contributed by atoms with Crippen molar-refractivity contribution >= 4 is 11.8 Å². The molecular formula is C14H22N4O2. The molecule has 0 saturated carbocycles. The van der Waals surface area contributed by atoms with Crippen LogP contribution in [0.5, 0.6) is 0 Å². The Morgan fingerprint density at radius 1 is 1.40 bits per heavy atom. The van der Waals surface area contributed by atoms with Gasteiger partial charge in [-0.3, -0.25) is 5.32 Å². The van der Waals surface area contributed by atoms with Gasteiger partial charge in [0.15, 0.2) is 0 Å². The van der Waals surface area contributed by atoms with Crippen molar-refractivity contribution in [1.29, 1.82) is 0 Å². The minimum absolute atomic E-state index is 0.207. The van der Waals surface area contributed by atoms with Crippen molar-refractivity contribution in [3.8, 4) is 0 Å². The average Bonchev–Trinajstić information content (AvgIpc) is 2.48. The van der Waals surface area contributed by atoms with Gasteiger partial charge < -0.3 is 15.3 Å². The summed E-state index contributed by atoms with van der Waals surface area (Å²) in [6.07, 6.45) is 3.76. The van der Waals surface area contributed by atoms with Crippen LogP contribution in [0.25, 0.3) is 0 Å². The Hall–Kier alpha value is -1.66. The van der Waals surface area contributed by atoms with E-state index in [-0.39, 0.29) is 12.6 Å². The summed E-state index contributed by atoms with van der Waals surface area (Å²) in [5, 5.41) is 14.5. The van der Waals surface area contributed by atoms with Crippen LogP contribution < -0.4 is 10.6 Å². The molecule has 0 unspecified atom stereocenters. The number of aliphatic hydroxyl groups is 1. The SMILES string of the molecule is O=C(NCC1CCN(CCO)CC1)Nc1ccccn1. The maximum absolute atomic E-state index is 11.7. The van der Waals surface area contributed by atoms with Crippen LogP contribution in [0.15, 0.2) is 24.4 Å². The van der Waals surface area contributed by atoms with Gasteiger partial charge in [0.25, 0.3) is 0 Å². The van der Waals surface area contributed by atoms with Crippen LogP contribution in [0.1, 0.15) is 12.8 Å². The predicted molar refractivity (Wildman–Crippen MR) is 77.5 cm³/mol. The molecule has 1 aliphatic heterocycles. The number of anilines is 1. The van der Waals surface area contributed by atoms with Crippen LogP contribution in [0.4, 0.5) is 10.6 Å². The van der Waals surface area contributed by atoms with Crippen LogP contribution in [0.3, 0.4) is 0 Å². The third-order valence-corrected chi connectivity index (χ3v) is 3.58. The summed E-state index contributed by atoms with van der Waals surface area (Å²) in [7, 11) is 0. The van der Waals surface area contributed by atoms with Crippen LogP contribution in [0, 0.1) is 5.92 Å². The monoisotopic (exact) mass is 278 g/mol. The van der Waals surface area contributed by atoms with E-state index >= 15 is 0 Å². The lowest BCUT2D eigenvalue weighted by Gasteiger charge is -2.31. The van der Waals surface area contributed by atoms with E-state index in [9.17, 15) is 4.79 Å². The highest BCUT2D eigenvalue weighted by molar-refractivity contribution is 5.88. The Bertz CT molecular complexity index is 405. The third-order valence-electron chi connectivity index (χ3n) is 3.58. The first-order valence-corrected chi connectivity index (χ1v) is 7.07. The summed E-state index contributed by atoms with van der Waals surface area (Å²) in [6.45, 7) is 3.64. The number of carbonyl (C=O) groups excluding carboxylic acids is 1. The van der Waals surface area contributed by atoms with E-state index < -0.39 is 0 Å². The van der Waals surface area contributed by atoms with Crippen molar-refractivity contribution in [2.24, 2.45) is 5.92 Å². The van der Waals surface area contributed by atoms with Gasteiger partial charge in [-0.05, 0) is 44.0 Å². The minimum atomic E-state index is -0.207. The number of piperidine rings is 1. The van der Waals surface area contributed by atoms with E-state index in [4.69, 9.17) is 5.11 Å². The fraction of sp³-hybridized carbons (Fsp3) is 0.571. The lowest BCUT2D eigenvalue weighted by Crippen LogP contribution is -2.40. The second-order valence-electron chi connectivity index (χ2n) is 5.06. The highest BCUT2D eigenvalue weighted by Gasteiger charge is 2.19. The summed E-state index contributed by atoms with van der Waals surface area (Å²) in [6, 6.07) is 5.19. The van der Waals surface area contributed by atoms with Gasteiger partial charge in [-0.2, -0.15) is 0 Å². The van der Waals surface area contributed by atoms with Gasteiger partial charge in [-0.25, -0.2) is 9.78 Å². The number of pyridine rings is 1. The van der Waals surface area contributed by atoms with Crippen molar-refractivity contribution < 1.29 is 9.90 Å². The molecule has 0 radical (unpaired) electrons. The zero-order valence-corrected chi connectivity index (χ0v) is 11.6. The van der Waals surface area contributed by atoms with Crippen molar-refractivity contribution in [3.63, 3.8) is 0 Å². The number of urea groups is 1. The maximum atomic E-state index is 11.7. The number of nitrogens with zero attached hydrogens (tertiary/aromatic N) is 2. The number of aliphatic hydroxyl groups excluding tert-OH is 1. The quantitative estimate of drug-likeness (QED) is 0.748. The minimum Gasteiger partial charge on any atom is -0.395 e. The second-order valence-corrected chi connectivity index (χ2v) is 5.06. The number of aromatic nitrogens is 1. The average molecular weight is 278 g/mol. The molecule has 1 fully saturated rings. The van der Waals surface area contributed by atoms with Crippen molar-refractivity contribution in [1.82, 2.24) is 15.2 Å². The molecule has 0 bridgehead atoms. The third kappa shape index (κ3) is 4.79. The number of rotatable bonds is 5. The molecule has 0 atom stereocenters. The van der Waals surface area contributed by atoms with Gasteiger partial charge in [-0.15, -0.1) is 0 Å². The molecule has 1 aromatic rings. The Morgan fingerprint density at radius 2 is 2.20 bits per heavy atom. The topological polar surface area (TPSA) is 77.5 Å². The van der Waals surface area contributed by atoms with Gasteiger partial charge in [0.2, 0.25) is 0 Å². The molecule has 1 aliphatic rings. The van der Waals surface area contributed by atoms with E-state index in [1.54, 1.807) is 12.3 Å². The van der Waals surface area contributed by atoms with Crippen LogP contribution in [-0.4, -0.2) is 53.8 Å². The molecule has 2 rings (SSSR count). The summed E-state index contributed by atoms with van der Waals surface area (Å²) < 4.78 is 0. The van der Waals surface area contributed by atoms with E-state index in [1.807, 2.05) is 12.1 Å². The first-order chi connectivity index (χ1) is 9.78. The zero-order chi connectivity index (χ0) is 14.2. The summed E-state index contributed by atoms with van der Waals surface area (Å²) in [5.74, 6) is 1.07. The molecule has 2 heterocycles. The maximum Gasteiger partial charge on any atom is 0.320 e. The largest absolute Gasteiger partial charge is 0.395 e. The molecule has 110 valence electrons. The van der Waals surface area contributed by atoms with E-state index in [0.29, 0.717) is 18.3 Å². The molecule has 3 N–H and O–H groups in total. The van der Waals surface area contributed by atoms with Crippen molar-refractivity contribution in [3.05, 3.63) is 24.4 Å². The van der Waals surface area contributed by atoms with E-state index in [2.05, 4.69) is 20.5 Å². The molecule has 1 saturated heterocycles. The molecule has 0 aliphatic carbocycles. The number of amides is 2. The lowest BCUT2D eigenvalue weighted by atomic mass is 9.97. The van der Waals surface area contributed by atoms with E-state index in [0.717, 1.165) is 32.5 Å². The number of hydrogen-bond acceptors (Lipinski definition) is 4. The van der Waals surface area contributed by atoms with E-state index in [1.165, 1.54) is 0 Å². The summed E-state index contributed by atoms with van der Waals surface area (Å²) >= 11 is 0. The molecule has 1 aromatic heterocycles. The van der Waals surface area contributed by atoms with Crippen molar-refractivity contribution in [2.75, 3.05) is 38.1 Å². The zero-order valence-electron chi connectivity index (χ0n) is 11.6.